The SMILES string of the molecule is CC[C@H]1O[C@@H](n2cc(C)c(=O)[nH]c2=O)CC1OP(=O)(OC[C@H]1O[C@@H](n2cc(C)c(=O)[nH]c2=O)CC1OC)Sc1ccc([N+](=O)[O-])cc1. The lowest BCUT2D eigenvalue weighted by atomic mass is 10.1. The number of nitrogens with zero attached hydrogens (tertiary/aromatic N) is 3. The van der Waals surface area contributed by atoms with E-state index >= 15 is 0 Å². The number of aromatic amines is 2. The number of H-pyrrole nitrogens is 2. The Labute approximate surface area is 270 Å². The fourth-order valence-electron chi connectivity index (χ4n) is 5.38. The second-order valence-electron chi connectivity index (χ2n) is 11.1. The molecular weight excluding hydrogens is 661 g/mol. The molecule has 0 radical (unpaired) electrons. The van der Waals surface area contributed by atoms with Crippen LogP contribution in [-0.2, 0) is 27.8 Å². The minimum absolute atomic E-state index is 0.0925. The van der Waals surface area contributed by atoms with Crippen LogP contribution in [0.15, 0.2) is 60.7 Å². The third kappa shape index (κ3) is 7.75. The smallest absolute Gasteiger partial charge is 0.378 e. The summed E-state index contributed by atoms with van der Waals surface area (Å²) < 4.78 is 46.9. The Balaban J connectivity index is 1.39. The lowest BCUT2D eigenvalue weighted by molar-refractivity contribution is -0.384. The van der Waals surface area contributed by atoms with Gasteiger partial charge in [-0.05, 0) is 43.8 Å². The predicted molar refractivity (Wildman–Crippen MR) is 168 cm³/mol. The molecule has 1 aromatic carbocycles. The van der Waals surface area contributed by atoms with Gasteiger partial charge in [-0.25, -0.2) is 14.2 Å². The number of ether oxygens (including phenoxy) is 3. The summed E-state index contributed by atoms with van der Waals surface area (Å²) in [6.45, 7) is 0.474. The molecule has 2 saturated heterocycles. The number of benzene rings is 1. The van der Waals surface area contributed by atoms with Crippen LogP contribution in [0.4, 0.5) is 5.69 Å². The highest BCUT2D eigenvalue weighted by molar-refractivity contribution is 8.55. The zero-order valence-corrected chi connectivity index (χ0v) is 27.6. The van der Waals surface area contributed by atoms with E-state index in [1.807, 2.05) is 6.92 Å². The molecule has 2 fully saturated rings. The van der Waals surface area contributed by atoms with Crippen molar-refractivity contribution in [2.75, 3.05) is 13.7 Å². The lowest BCUT2D eigenvalue weighted by Gasteiger charge is -2.26. The van der Waals surface area contributed by atoms with Gasteiger partial charge in [0.1, 0.15) is 18.6 Å². The van der Waals surface area contributed by atoms with Gasteiger partial charge in [-0.2, -0.15) is 0 Å². The molecule has 19 heteroatoms. The summed E-state index contributed by atoms with van der Waals surface area (Å²) in [7, 11) is 1.45. The van der Waals surface area contributed by atoms with E-state index in [1.54, 1.807) is 13.8 Å². The topological polar surface area (TPSA) is 216 Å². The van der Waals surface area contributed by atoms with Gasteiger partial charge in [0.2, 0.25) is 0 Å². The Bertz CT molecular complexity index is 1910. The van der Waals surface area contributed by atoms with Crippen LogP contribution in [0.1, 0.15) is 49.8 Å². The maximum atomic E-state index is 14.5. The number of hydrogen-bond acceptors (Lipinski definition) is 13. The standard InChI is InChI=1S/C28H34N5O12PS/c1-5-19-21(11-24(43-19)32-13-16(3)26(35)30-28(32)37)45-46(40,47-18-8-6-17(7-9-18)33(38)39)42-14-22-20(41-4)10-23(44-22)31-12-15(2)25(34)29-27(31)36/h6-9,12-13,19-24H,5,10-11,14H2,1-4H3,(H,29,34,36)(H,30,35,37)/t19-,20?,21?,22-,23-,24-,46?/m1/s1. The maximum Gasteiger partial charge on any atom is 0.394 e. The number of rotatable bonds is 12. The fourth-order valence-corrected chi connectivity index (χ4v) is 8.88. The molecule has 5 rings (SSSR count). The van der Waals surface area contributed by atoms with E-state index < -0.39 is 71.1 Å². The van der Waals surface area contributed by atoms with Gasteiger partial charge >= 0.3 is 18.2 Å². The average Bonchev–Trinajstić information content (AvgIpc) is 3.63. The van der Waals surface area contributed by atoms with Crippen LogP contribution in [-0.4, -0.2) is 62.2 Å². The van der Waals surface area contributed by atoms with Crippen molar-refractivity contribution in [1.82, 2.24) is 19.1 Å². The van der Waals surface area contributed by atoms with Crippen molar-refractivity contribution in [3.63, 3.8) is 0 Å². The first kappa shape index (κ1) is 34.7. The first-order valence-electron chi connectivity index (χ1n) is 14.7. The summed E-state index contributed by atoms with van der Waals surface area (Å²) in [5, 5.41) is 11.2. The fraction of sp³-hybridized carbons (Fsp3) is 0.500. The average molecular weight is 696 g/mol. The highest BCUT2D eigenvalue weighted by Crippen LogP contribution is 2.65. The van der Waals surface area contributed by atoms with Crippen LogP contribution in [0.25, 0.3) is 0 Å². The molecule has 254 valence electrons. The van der Waals surface area contributed by atoms with Crippen LogP contribution in [0.3, 0.4) is 0 Å². The van der Waals surface area contributed by atoms with Gasteiger partial charge in [0.25, 0.3) is 16.8 Å². The number of nitro groups is 1. The van der Waals surface area contributed by atoms with Crippen molar-refractivity contribution in [2.45, 2.75) is 81.8 Å². The Kier molecular flexibility index (Phi) is 10.5. The molecule has 7 atom stereocenters. The molecule has 2 aliphatic rings. The van der Waals surface area contributed by atoms with Crippen molar-refractivity contribution < 1.29 is 32.7 Å². The van der Waals surface area contributed by atoms with Gasteiger partial charge in [-0.3, -0.25) is 47.9 Å². The largest absolute Gasteiger partial charge is 0.394 e. The third-order valence-electron chi connectivity index (χ3n) is 7.90. The molecule has 0 amide bonds. The minimum Gasteiger partial charge on any atom is -0.378 e. The van der Waals surface area contributed by atoms with Gasteiger partial charge in [0.15, 0.2) is 0 Å². The van der Waals surface area contributed by atoms with Crippen LogP contribution >= 0.6 is 18.2 Å². The molecule has 2 aromatic heterocycles. The molecule has 2 N–H and O–H groups in total. The number of hydrogen-bond donors (Lipinski definition) is 2. The number of nitrogens with one attached hydrogen (secondary N) is 2. The molecule has 17 nitrogen and oxygen atoms in total. The Morgan fingerprint density at radius 1 is 0.936 bits per heavy atom. The van der Waals surface area contributed by atoms with E-state index in [0.717, 1.165) is 11.4 Å². The Morgan fingerprint density at radius 2 is 1.47 bits per heavy atom. The van der Waals surface area contributed by atoms with Crippen LogP contribution in [0.5, 0.6) is 0 Å². The molecule has 47 heavy (non-hydrogen) atoms. The Morgan fingerprint density at radius 3 is 1.98 bits per heavy atom. The molecule has 4 heterocycles. The normalized spacial score (nSPS) is 25.5. The summed E-state index contributed by atoms with van der Waals surface area (Å²) in [5.41, 5.74) is -1.92. The van der Waals surface area contributed by atoms with Crippen LogP contribution in [0, 0.1) is 24.0 Å². The minimum atomic E-state index is -4.16. The van der Waals surface area contributed by atoms with E-state index in [-0.39, 0.29) is 25.1 Å². The Hall–Kier alpha value is -3.64. The summed E-state index contributed by atoms with van der Waals surface area (Å²) >= 11 is 0.736. The maximum absolute atomic E-state index is 14.5. The third-order valence-corrected chi connectivity index (χ3v) is 11.5. The van der Waals surface area contributed by atoms with E-state index in [1.165, 1.54) is 52.9 Å². The molecule has 0 aliphatic carbocycles. The predicted octanol–water partition coefficient (Wildman–Crippen LogP) is 2.91. The van der Waals surface area contributed by atoms with Crippen molar-refractivity contribution in [3.05, 3.63) is 99.6 Å². The van der Waals surface area contributed by atoms with Crippen molar-refractivity contribution in [1.29, 1.82) is 0 Å². The first-order chi connectivity index (χ1) is 22.3. The summed E-state index contributed by atoms with van der Waals surface area (Å²) in [4.78, 5) is 64.3. The van der Waals surface area contributed by atoms with Gasteiger partial charge < -0.3 is 14.2 Å². The summed E-state index contributed by atoms with van der Waals surface area (Å²) in [6, 6.07) is 5.36. The van der Waals surface area contributed by atoms with Crippen LogP contribution < -0.4 is 22.5 Å². The van der Waals surface area contributed by atoms with Crippen molar-refractivity contribution in [3.8, 4) is 0 Å². The van der Waals surface area contributed by atoms with E-state index in [2.05, 4.69) is 9.97 Å². The second kappa shape index (κ2) is 14.2. The van der Waals surface area contributed by atoms with Gasteiger partial charge in [0.05, 0.1) is 29.8 Å². The highest BCUT2D eigenvalue weighted by atomic mass is 32.7. The molecule has 0 bridgehead atoms. The molecular formula is C28H34N5O12PS. The number of methoxy groups -OCH3 is 1. The van der Waals surface area contributed by atoms with Crippen LogP contribution in [0.2, 0.25) is 0 Å². The zero-order valence-electron chi connectivity index (χ0n) is 25.9. The van der Waals surface area contributed by atoms with Gasteiger partial charge in [0, 0.05) is 60.5 Å². The molecule has 3 unspecified atom stereocenters. The molecule has 0 spiro atoms. The van der Waals surface area contributed by atoms with Crippen molar-refractivity contribution >= 4 is 23.9 Å². The number of aromatic nitrogens is 4. The monoisotopic (exact) mass is 695 g/mol. The summed E-state index contributed by atoms with van der Waals surface area (Å²) in [5.74, 6) is 0. The van der Waals surface area contributed by atoms with E-state index in [4.69, 9.17) is 23.3 Å². The van der Waals surface area contributed by atoms with E-state index in [0.29, 0.717) is 22.4 Å². The number of nitro benzene ring substituents is 1. The molecule has 0 saturated carbocycles. The zero-order chi connectivity index (χ0) is 34.0. The number of aryl methyl sites for hydroxylation is 2. The quantitative estimate of drug-likeness (QED) is 0.159. The van der Waals surface area contributed by atoms with Gasteiger partial charge in [-0.15, -0.1) is 0 Å². The highest BCUT2D eigenvalue weighted by Gasteiger charge is 2.44. The van der Waals surface area contributed by atoms with Gasteiger partial charge in [-0.1, -0.05) is 6.92 Å². The van der Waals surface area contributed by atoms with E-state index in [9.17, 15) is 33.9 Å². The second-order valence-corrected chi connectivity index (χ2v) is 15.0. The first-order valence-corrected chi connectivity index (χ1v) is 17.6. The summed E-state index contributed by atoms with van der Waals surface area (Å²) in [6.07, 6.45) is -0.962. The number of non-ortho nitro benzene ring substituents is 1. The molecule has 3 aromatic rings. The van der Waals surface area contributed by atoms with Crippen molar-refractivity contribution in [2.24, 2.45) is 0 Å². The lowest BCUT2D eigenvalue weighted by Crippen LogP contribution is -2.33. The molecule has 2 aliphatic heterocycles.